The maximum absolute atomic E-state index is 0. The van der Waals surface area contributed by atoms with E-state index in [1.54, 1.807) is 0 Å². The molecule has 14 heavy (non-hydrogen) atoms. The molecule has 32 valence electrons. The summed E-state index contributed by atoms with van der Waals surface area (Å²) in [7, 11) is 0. The van der Waals surface area contributed by atoms with Crippen LogP contribution in [0.5, 0.6) is 0 Å². The second kappa shape index (κ2) is 97.4. The van der Waals surface area contributed by atoms with Crippen molar-refractivity contribution >= 4 is 47.8 Å². The Morgan fingerprint density at radius 1 is 0.143 bits per heavy atom. The molecule has 0 saturated heterocycles. The van der Waals surface area contributed by atoms with Gasteiger partial charge in [-0.3, -0.25) is 0 Å². The molecule has 0 aromatic carbocycles. The van der Waals surface area contributed by atoms with Crippen molar-refractivity contribution in [2.24, 2.45) is 0 Å². The average Bonchev–Trinajstić information content (AvgIpc) is 0. The normalized spacial score (nSPS) is 0. The second-order valence-electron chi connectivity index (χ2n) is 0. The Labute approximate surface area is 363 Å². The van der Waals surface area contributed by atoms with E-state index in [9.17, 15) is 0 Å². The molecule has 0 atom stereocenters. The van der Waals surface area contributed by atoms with E-state index in [1.807, 2.05) is 0 Å². The van der Waals surface area contributed by atoms with Gasteiger partial charge in [0.2, 0.25) is 0 Å². The molecule has 0 N–H and O–H groups in total. The van der Waals surface area contributed by atoms with E-state index in [2.05, 4.69) is 0 Å². The zero-order valence-corrected chi connectivity index (χ0v) is 63.6. The predicted octanol–water partition coefficient (Wildman–Crippen LogP) is -0.792. The molecule has 0 heterocycles. The summed E-state index contributed by atoms with van der Waals surface area (Å²) in [6, 6.07) is 0. The van der Waals surface area contributed by atoms with E-state index in [1.165, 1.54) is 0 Å². The Hall–Kier alpha value is 12.7. The Morgan fingerprint density at radius 2 is 0.143 bits per heavy atom. The van der Waals surface area contributed by atoms with Gasteiger partial charge in [-0.25, -0.2) is 0 Å². The Kier molecular flexibility index (Phi) is 762. The van der Waals surface area contributed by atoms with Crippen LogP contribution < -0.4 is 0 Å². The molecule has 0 spiro atoms. The summed E-state index contributed by atoms with van der Waals surface area (Å²) in [6.07, 6.45) is 0. The van der Waals surface area contributed by atoms with Gasteiger partial charge in [0.1, 0.15) is 0 Å². The van der Waals surface area contributed by atoms with Crippen molar-refractivity contribution in [1.82, 2.24) is 0 Å². The summed E-state index contributed by atoms with van der Waals surface area (Å²) < 4.78 is 0. The van der Waals surface area contributed by atoms with Gasteiger partial charge in [-0.05, 0) is 0 Å². The molecule has 0 aliphatic rings. The first kappa shape index (κ1) is 110. The minimum Gasteiger partial charge on any atom is 0 e. The first-order valence-electron chi connectivity index (χ1n) is 0. The third kappa shape index (κ3) is 86.1. The van der Waals surface area contributed by atoms with Gasteiger partial charge in [0.05, 0.1) is 0 Å². The molecule has 8 radical (unpaired) electrons. The van der Waals surface area contributed by atoms with Crippen molar-refractivity contribution < 1.29 is 328 Å². The Bertz CT molecular complexity index is 8.28. The maximum Gasteiger partial charge on any atom is 0 e. The topological polar surface area (TPSA) is 0 Å². The number of hydrogen-bond donors (Lipinski definition) is 0. The largest absolute Gasteiger partial charge is 0 e. The van der Waals surface area contributed by atoms with Crippen LogP contribution in [0.2, 0.25) is 0 Å². The number of hydrogen-bond acceptors (Lipinski definition) is 0. The summed E-state index contributed by atoms with van der Waals surface area (Å²) in [5.74, 6) is 0. The molecular weight excluding hydrogens is 1590 g/mol. The fraction of sp³-hybridized carbons (Fsp3) is 0. The van der Waals surface area contributed by atoms with Crippen molar-refractivity contribution in [2.75, 3.05) is 0 Å². The van der Waals surface area contributed by atoms with E-state index in [-0.39, 0.29) is 375 Å². The van der Waals surface area contributed by atoms with Gasteiger partial charge in [0.25, 0.3) is 0 Å². The minimum atomic E-state index is 0. The molecule has 14 heteroatoms. The van der Waals surface area contributed by atoms with Gasteiger partial charge in [-0.2, -0.15) is 0 Å². The summed E-state index contributed by atoms with van der Waals surface area (Å²) >= 11 is 0. The zero-order valence-electron chi connectivity index (χ0n) is 9.49. The summed E-state index contributed by atoms with van der Waals surface area (Å²) in [6.45, 7) is 0. The Balaban J connectivity index is 0. The fourth-order valence-electron chi connectivity index (χ4n) is 0. The Morgan fingerprint density at radius 3 is 0.143 bits per heavy atom. The molecule has 0 aliphatic heterocycles. The zero-order chi connectivity index (χ0) is 0. The van der Waals surface area contributed by atoms with E-state index in [0.717, 1.165) is 0 Å². The van der Waals surface area contributed by atoms with Crippen molar-refractivity contribution in [3.05, 3.63) is 0 Å². The van der Waals surface area contributed by atoms with E-state index in [0.29, 0.717) is 0 Å². The molecular formula is Cd12Sn2. The third-order valence-electron chi connectivity index (χ3n) is 0. The quantitative estimate of drug-likeness (QED) is 0.280. The summed E-state index contributed by atoms with van der Waals surface area (Å²) in [4.78, 5) is 0. The molecule has 0 aromatic heterocycles. The average molecular weight is 1590 g/mol. The van der Waals surface area contributed by atoms with Crippen molar-refractivity contribution in [1.29, 1.82) is 0 Å². The molecule has 0 amide bonds. The minimum absolute atomic E-state index is 0. The maximum atomic E-state index is 0. The summed E-state index contributed by atoms with van der Waals surface area (Å²) in [5, 5.41) is 0. The molecule has 0 nitrogen and oxygen atoms in total. The molecule has 0 bridgehead atoms. The van der Waals surface area contributed by atoms with Gasteiger partial charge in [0, 0.05) is 375 Å². The van der Waals surface area contributed by atoms with Crippen LogP contribution >= 0.6 is 0 Å². The predicted molar refractivity (Wildman–Crippen MR) is 11.5 cm³/mol. The van der Waals surface area contributed by atoms with Crippen LogP contribution in [0.25, 0.3) is 0 Å². The first-order chi connectivity index (χ1) is 0. The van der Waals surface area contributed by atoms with Gasteiger partial charge < -0.3 is 0 Å². The SMILES string of the molecule is [Cd].[Cd].[Cd].[Cd].[Cd].[Cd].[Cd].[Cd].[Cd].[Cd].[Cd].[Cd].[Sn].[Sn]. The smallest absolute Gasteiger partial charge is 0 e. The van der Waals surface area contributed by atoms with E-state index in [4.69, 9.17) is 0 Å². The third-order valence-corrected chi connectivity index (χ3v) is 0. The van der Waals surface area contributed by atoms with Crippen LogP contribution in [-0.2, 0) is 328 Å². The van der Waals surface area contributed by atoms with E-state index >= 15 is 0 Å². The van der Waals surface area contributed by atoms with Gasteiger partial charge >= 0.3 is 0 Å². The van der Waals surface area contributed by atoms with Crippen LogP contribution in [0.1, 0.15) is 0 Å². The number of rotatable bonds is 0. The van der Waals surface area contributed by atoms with Crippen LogP contribution in [-0.4, -0.2) is 47.8 Å². The van der Waals surface area contributed by atoms with Crippen molar-refractivity contribution in [2.45, 2.75) is 0 Å². The van der Waals surface area contributed by atoms with Gasteiger partial charge in [-0.1, -0.05) is 0 Å². The standard InChI is InChI=1S/12Cd.2Sn. The molecule has 0 fully saturated rings. The van der Waals surface area contributed by atoms with Crippen molar-refractivity contribution in [3.63, 3.8) is 0 Å². The monoisotopic (exact) mass is 1610 g/mol. The molecule has 0 rings (SSSR count). The fourth-order valence-corrected chi connectivity index (χ4v) is 0. The van der Waals surface area contributed by atoms with Crippen molar-refractivity contribution in [3.8, 4) is 0 Å². The summed E-state index contributed by atoms with van der Waals surface area (Å²) in [5.41, 5.74) is 0. The van der Waals surface area contributed by atoms with Crippen LogP contribution in [0.4, 0.5) is 0 Å². The molecule has 0 saturated carbocycles. The second-order valence-corrected chi connectivity index (χ2v) is 0. The molecule has 0 unspecified atom stereocenters. The molecule has 0 aliphatic carbocycles. The van der Waals surface area contributed by atoms with Crippen LogP contribution in [0.15, 0.2) is 0 Å². The van der Waals surface area contributed by atoms with Crippen LogP contribution in [0.3, 0.4) is 0 Å². The van der Waals surface area contributed by atoms with E-state index < -0.39 is 0 Å². The van der Waals surface area contributed by atoms with Gasteiger partial charge in [0.15, 0.2) is 0 Å². The van der Waals surface area contributed by atoms with Crippen LogP contribution in [0, 0.1) is 0 Å². The molecule has 0 aromatic rings. The van der Waals surface area contributed by atoms with Gasteiger partial charge in [-0.15, -0.1) is 0 Å². The first-order valence-corrected chi connectivity index (χ1v) is 0.